The zero-order chi connectivity index (χ0) is 23.4. The van der Waals surface area contributed by atoms with Crippen molar-refractivity contribution in [3.63, 3.8) is 0 Å². The molecule has 0 aliphatic heterocycles. The number of imidazole rings is 1. The number of non-ortho nitro benzene ring substituents is 1. The topological polar surface area (TPSA) is 170 Å². The first kappa shape index (κ1) is 22.8. The van der Waals surface area contributed by atoms with Crippen molar-refractivity contribution in [1.82, 2.24) is 19.1 Å². The number of anilines is 1. The molecule has 13 heteroatoms. The lowest BCUT2D eigenvalue weighted by atomic mass is 10.2. The van der Waals surface area contributed by atoms with E-state index in [-0.39, 0.29) is 42.1 Å². The molecule has 3 aromatic rings. The zero-order valence-corrected chi connectivity index (χ0v) is 17.7. The number of hydrogen-bond donors (Lipinski definition) is 3. The molecule has 3 rings (SSSR count). The second-order valence-electron chi connectivity index (χ2n) is 7.29. The third-order valence-corrected chi connectivity index (χ3v) is 4.50. The van der Waals surface area contributed by atoms with Gasteiger partial charge >= 0.3 is 5.69 Å². The molecule has 2 aromatic heterocycles. The number of nitrogens with zero attached hydrogens (tertiary/aromatic N) is 5. The van der Waals surface area contributed by atoms with Gasteiger partial charge in [-0.1, -0.05) is 0 Å². The van der Waals surface area contributed by atoms with Gasteiger partial charge < -0.3 is 14.4 Å². The average Bonchev–Trinajstić information content (AvgIpc) is 3.09. The second-order valence-corrected chi connectivity index (χ2v) is 7.29. The van der Waals surface area contributed by atoms with Crippen LogP contribution >= 0.6 is 0 Å². The van der Waals surface area contributed by atoms with Crippen LogP contribution in [-0.2, 0) is 18.3 Å². The molecule has 2 heterocycles. The van der Waals surface area contributed by atoms with Crippen molar-refractivity contribution in [3.8, 4) is 0 Å². The Bertz CT molecular complexity index is 1260. The van der Waals surface area contributed by atoms with Crippen LogP contribution in [0.3, 0.4) is 0 Å². The molecular formula is C19H23N7O6. The van der Waals surface area contributed by atoms with E-state index in [0.717, 1.165) is 0 Å². The second kappa shape index (κ2) is 9.53. The number of nitro benzene ring substituents is 1. The van der Waals surface area contributed by atoms with Gasteiger partial charge in [-0.3, -0.25) is 24.5 Å². The number of rotatable bonds is 9. The van der Waals surface area contributed by atoms with Gasteiger partial charge in [0.1, 0.15) is 0 Å². The summed E-state index contributed by atoms with van der Waals surface area (Å²) in [6, 6.07) is 5.73. The van der Waals surface area contributed by atoms with E-state index in [1.165, 1.54) is 46.7 Å². The minimum atomic E-state index is -0.953. The van der Waals surface area contributed by atoms with Gasteiger partial charge in [-0.05, 0) is 31.5 Å². The van der Waals surface area contributed by atoms with Gasteiger partial charge in [0.05, 0.1) is 36.5 Å². The van der Waals surface area contributed by atoms with Crippen LogP contribution in [0.1, 0.15) is 19.4 Å². The highest BCUT2D eigenvalue weighted by atomic mass is 16.6. The van der Waals surface area contributed by atoms with Gasteiger partial charge in [0.25, 0.3) is 11.2 Å². The highest BCUT2D eigenvalue weighted by molar-refractivity contribution is 5.81. The quantitative estimate of drug-likeness (QED) is 0.244. The Hall–Kier alpha value is -3.84. The van der Waals surface area contributed by atoms with E-state index in [9.17, 15) is 24.8 Å². The van der Waals surface area contributed by atoms with E-state index in [1.807, 2.05) is 13.8 Å². The molecule has 170 valence electrons. The summed E-state index contributed by atoms with van der Waals surface area (Å²) in [5, 5.41) is 25.2. The molecule has 0 fully saturated rings. The van der Waals surface area contributed by atoms with Crippen LogP contribution in [0.15, 0.2) is 39.0 Å². The SMILES string of the molecule is CC(C)OC[C@@H](O)Cn1c(N/N=C\c2ccc([N+](=O)[O-])cc2)nc2c1c(=O)[nH]c(=O)n2C. The highest BCUT2D eigenvalue weighted by Crippen LogP contribution is 2.17. The normalized spacial score (nSPS) is 12.7. The molecule has 1 atom stereocenters. The van der Waals surface area contributed by atoms with Gasteiger partial charge in [-0.2, -0.15) is 10.1 Å². The molecule has 0 aliphatic rings. The summed E-state index contributed by atoms with van der Waals surface area (Å²) in [6.07, 6.45) is 0.373. The molecule has 0 unspecified atom stereocenters. The summed E-state index contributed by atoms with van der Waals surface area (Å²) in [7, 11) is 1.46. The first-order chi connectivity index (χ1) is 15.2. The van der Waals surface area contributed by atoms with E-state index in [1.54, 1.807) is 0 Å². The summed E-state index contributed by atoms with van der Waals surface area (Å²) in [5.74, 6) is 0.119. The van der Waals surface area contributed by atoms with E-state index in [4.69, 9.17) is 4.74 Å². The largest absolute Gasteiger partial charge is 0.389 e. The van der Waals surface area contributed by atoms with E-state index < -0.39 is 22.3 Å². The number of ether oxygens (including phenoxy) is 1. The lowest BCUT2D eigenvalue weighted by molar-refractivity contribution is -0.384. The molecule has 0 bridgehead atoms. The molecule has 0 aliphatic carbocycles. The number of aromatic nitrogens is 4. The average molecular weight is 445 g/mol. The van der Waals surface area contributed by atoms with Gasteiger partial charge in [-0.15, -0.1) is 0 Å². The van der Waals surface area contributed by atoms with Gasteiger partial charge in [0, 0.05) is 19.2 Å². The smallest absolute Gasteiger partial charge is 0.329 e. The molecule has 0 radical (unpaired) electrons. The predicted molar refractivity (Wildman–Crippen MR) is 117 cm³/mol. The highest BCUT2D eigenvalue weighted by Gasteiger charge is 2.19. The Labute approximate surface area is 181 Å². The lowest BCUT2D eigenvalue weighted by Gasteiger charge is -2.15. The van der Waals surface area contributed by atoms with Crippen LogP contribution in [-0.4, -0.2) is 54.2 Å². The minimum Gasteiger partial charge on any atom is -0.389 e. The maximum atomic E-state index is 12.5. The number of nitrogens with one attached hydrogen (secondary N) is 2. The molecular weight excluding hydrogens is 422 g/mol. The number of hydrogen-bond acceptors (Lipinski definition) is 9. The molecule has 13 nitrogen and oxygen atoms in total. The third kappa shape index (κ3) is 5.07. The third-order valence-electron chi connectivity index (χ3n) is 4.50. The Morgan fingerprint density at radius 1 is 1.34 bits per heavy atom. The van der Waals surface area contributed by atoms with Gasteiger partial charge in [0.2, 0.25) is 5.95 Å². The molecule has 0 spiro atoms. The van der Waals surface area contributed by atoms with Crippen molar-refractivity contribution >= 4 is 29.0 Å². The summed E-state index contributed by atoms with van der Waals surface area (Å²) >= 11 is 0. The van der Waals surface area contributed by atoms with E-state index >= 15 is 0 Å². The number of benzene rings is 1. The minimum absolute atomic E-state index is 0.0342. The fourth-order valence-electron chi connectivity index (χ4n) is 2.91. The van der Waals surface area contributed by atoms with Crippen molar-refractivity contribution in [1.29, 1.82) is 0 Å². The fraction of sp³-hybridized carbons (Fsp3) is 0.368. The van der Waals surface area contributed by atoms with Crippen LogP contribution in [0.5, 0.6) is 0 Å². The van der Waals surface area contributed by atoms with E-state index in [2.05, 4.69) is 20.5 Å². The molecule has 1 aromatic carbocycles. The molecule has 0 saturated heterocycles. The number of hydrazone groups is 1. The summed E-state index contributed by atoms with van der Waals surface area (Å²) in [5.41, 5.74) is 2.16. The number of aliphatic hydroxyl groups excluding tert-OH is 1. The Morgan fingerprint density at radius 2 is 2.03 bits per heavy atom. The maximum Gasteiger partial charge on any atom is 0.329 e. The van der Waals surface area contributed by atoms with Crippen molar-refractivity contribution in [3.05, 3.63) is 60.8 Å². The van der Waals surface area contributed by atoms with Crippen LogP contribution in [0.2, 0.25) is 0 Å². The van der Waals surface area contributed by atoms with Gasteiger partial charge in [-0.25, -0.2) is 10.2 Å². The van der Waals surface area contributed by atoms with Crippen molar-refractivity contribution in [2.45, 2.75) is 32.6 Å². The van der Waals surface area contributed by atoms with Crippen molar-refractivity contribution < 1.29 is 14.8 Å². The standard InChI is InChI=1S/C19H23N7O6/c1-11(2)32-10-14(27)9-25-15-16(24(3)19(29)22-17(15)28)21-18(25)23-20-8-12-4-6-13(7-5-12)26(30)31/h4-8,11,14,27H,9-10H2,1-3H3,(H,21,23)(H,22,28,29)/b20-8-/t14-/m0/s1. The molecule has 3 N–H and O–H groups in total. The zero-order valence-electron chi connectivity index (χ0n) is 17.7. The monoisotopic (exact) mass is 445 g/mol. The number of nitro groups is 1. The lowest BCUT2D eigenvalue weighted by Crippen LogP contribution is -2.30. The number of aliphatic hydroxyl groups is 1. The van der Waals surface area contributed by atoms with Crippen molar-refractivity contribution in [2.75, 3.05) is 12.0 Å². The first-order valence-corrected chi connectivity index (χ1v) is 9.70. The van der Waals surface area contributed by atoms with Crippen LogP contribution in [0.25, 0.3) is 11.2 Å². The van der Waals surface area contributed by atoms with Crippen LogP contribution in [0, 0.1) is 10.1 Å². The predicted octanol–water partition coefficient (Wildman–Crippen LogP) is 0.563. The Balaban J connectivity index is 1.93. The Morgan fingerprint density at radius 3 is 2.66 bits per heavy atom. The van der Waals surface area contributed by atoms with Crippen LogP contribution < -0.4 is 16.7 Å². The molecule has 0 amide bonds. The number of fused-ring (bicyclic) bond motifs is 1. The number of H-pyrrole nitrogens is 1. The summed E-state index contributed by atoms with van der Waals surface area (Å²) in [6.45, 7) is 3.66. The summed E-state index contributed by atoms with van der Waals surface area (Å²) < 4.78 is 8.01. The number of aromatic amines is 1. The molecule has 0 saturated carbocycles. The van der Waals surface area contributed by atoms with Crippen LogP contribution in [0.4, 0.5) is 11.6 Å². The van der Waals surface area contributed by atoms with E-state index in [0.29, 0.717) is 5.56 Å². The first-order valence-electron chi connectivity index (χ1n) is 9.70. The summed E-state index contributed by atoms with van der Waals surface area (Å²) in [4.78, 5) is 41.1. The number of aryl methyl sites for hydroxylation is 1. The fourth-order valence-corrected chi connectivity index (χ4v) is 2.91. The van der Waals surface area contributed by atoms with Crippen molar-refractivity contribution in [2.24, 2.45) is 12.1 Å². The molecule has 32 heavy (non-hydrogen) atoms. The maximum absolute atomic E-state index is 12.5. The Kier molecular flexibility index (Phi) is 6.80. The van der Waals surface area contributed by atoms with Gasteiger partial charge in [0.15, 0.2) is 11.2 Å².